The minimum Gasteiger partial charge on any atom is -0.383 e. The standard InChI is InChI=1S/C21H31N3O3/c1-22(18-7-4-3-5-8-18)15-20(26)23-12-6-10-21(16-23)11-9-19(25)24(17-21)13-14-27-2/h3-5,7-8H,6,9-17H2,1-2H3. The zero-order valence-corrected chi connectivity index (χ0v) is 16.5. The Kier molecular flexibility index (Phi) is 6.37. The van der Waals surface area contributed by atoms with Crippen LogP contribution in [0.5, 0.6) is 0 Å². The molecule has 2 saturated heterocycles. The number of anilines is 1. The summed E-state index contributed by atoms with van der Waals surface area (Å²) < 4.78 is 5.15. The maximum Gasteiger partial charge on any atom is 0.242 e. The topological polar surface area (TPSA) is 53.1 Å². The summed E-state index contributed by atoms with van der Waals surface area (Å²) in [5, 5.41) is 0. The molecule has 27 heavy (non-hydrogen) atoms. The molecule has 3 rings (SSSR count). The minimum absolute atomic E-state index is 0.0425. The van der Waals surface area contributed by atoms with Crippen molar-refractivity contribution in [2.75, 3.05) is 58.4 Å². The summed E-state index contributed by atoms with van der Waals surface area (Å²) in [5.41, 5.74) is 1.09. The molecular weight excluding hydrogens is 342 g/mol. The summed E-state index contributed by atoms with van der Waals surface area (Å²) in [6.07, 6.45) is 3.55. The second kappa shape index (κ2) is 8.74. The number of rotatable bonds is 6. The second-order valence-electron chi connectivity index (χ2n) is 7.92. The van der Waals surface area contributed by atoms with Gasteiger partial charge in [-0.2, -0.15) is 0 Å². The van der Waals surface area contributed by atoms with E-state index in [1.165, 1.54) is 0 Å². The smallest absolute Gasteiger partial charge is 0.242 e. The number of methoxy groups -OCH3 is 1. The number of amides is 2. The molecule has 2 aliphatic rings. The monoisotopic (exact) mass is 373 g/mol. The van der Waals surface area contributed by atoms with Crippen LogP contribution in [0.4, 0.5) is 5.69 Å². The maximum atomic E-state index is 12.9. The third-order valence-electron chi connectivity index (χ3n) is 5.90. The number of carbonyl (C=O) groups is 2. The van der Waals surface area contributed by atoms with Crippen LogP contribution in [0.25, 0.3) is 0 Å². The largest absolute Gasteiger partial charge is 0.383 e. The molecule has 2 heterocycles. The van der Waals surface area contributed by atoms with Crippen molar-refractivity contribution in [1.29, 1.82) is 0 Å². The molecule has 6 heteroatoms. The van der Waals surface area contributed by atoms with Crippen molar-refractivity contribution in [3.63, 3.8) is 0 Å². The summed E-state index contributed by atoms with van der Waals surface area (Å²) in [4.78, 5) is 31.1. The van der Waals surface area contributed by atoms with Crippen molar-refractivity contribution in [3.05, 3.63) is 30.3 Å². The molecule has 2 amide bonds. The highest BCUT2D eigenvalue weighted by Crippen LogP contribution is 2.38. The van der Waals surface area contributed by atoms with Crippen LogP contribution in [0.2, 0.25) is 0 Å². The van der Waals surface area contributed by atoms with E-state index in [0.717, 1.165) is 44.6 Å². The molecule has 2 aliphatic heterocycles. The quantitative estimate of drug-likeness (QED) is 0.765. The van der Waals surface area contributed by atoms with Gasteiger partial charge < -0.3 is 19.4 Å². The molecule has 6 nitrogen and oxygen atoms in total. The van der Waals surface area contributed by atoms with Gasteiger partial charge in [-0.25, -0.2) is 0 Å². The van der Waals surface area contributed by atoms with Gasteiger partial charge in [-0.15, -0.1) is 0 Å². The Hall–Kier alpha value is -2.08. The number of carbonyl (C=O) groups excluding carboxylic acids is 2. The number of para-hydroxylation sites is 1. The zero-order valence-electron chi connectivity index (χ0n) is 16.5. The van der Waals surface area contributed by atoms with Crippen LogP contribution in [-0.2, 0) is 14.3 Å². The summed E-state index contributed by atoms with van der Waals surface area (Å²) in [5.74, 6) is 0.380. The number of likely N-dealkylation sites (tertiary alicyclic amines) is 2. The zero-order chi connectivity index (χ0) is 19.3. The van der Waals surface area contributed by atoms with E-state index in [2.05, 4.69) is 0 Å². The molecule has 1 spiro atoms. The average Bonchev–Trinajstić information content (AvgIpc) is 2.69. The van der Waals surface area contributed by atoms with E-state index in [4.69, 9.17) is 4.74 Å². The van der Waals surface area contributed by atoms with Crippen molar-refractivity contribution in [2.24, 2.45) is 5.41 Å². The van der Waals surface area contributed by atoms with Gasteiger partial charge in [0, 0.05) is 57.9 Å². The van der Waals surface area contributed by atoms with Crippen LogP contribution < -0.4 is 4.90 Å². The Labute approximate surface area is 162 Å². The lowest BCUT2D eigenvalue weighted by atomic mass is 9.73. The molecule has 0 saturated carbocycles. The molecular formula is C21H31N3O3. The molecule has 1 aromatic rings. The third kappa shape index (κ3) is 4.80. The van der Waals surface area contributed by atoms with Gasteiger partial charge in [0.25, 0.3) is 0 Å². The van der Waals surface area contributed by atoms with Crippen LogP contribution in [-0.4, -0.2) is 75.1 Å². The molecule has 0 aliphatic carbocycles. The van der Waals surface area contributed by atoms with Crippen molar-refractivity contribution < 1.29 is 14.3 Å². The van der Waals surface area contributed by atoms with Crippen molar-refractivity contribution in [1.82, 2.24) is 9.80 Å². The number of likely N-dealkylation sites (N-methyl/N-ethyl adjacent to an activating group) is 1. The van der Waals surface area contributed by atoms with Crippen LogP contribution in [0.1, 0.15) is 25.7 Å². The lowest BCUT2D eigenvalue weighted by Gasteiger charge is -2.48. The summed E-state index contributed by atoms with van der Waals surface area (Å²) in [6, 6.07) is 9.99. The van der Waals surface area contributed by atoms with E-state index < -0.39 is 0 Å². The van der Waals surface area contributed by atoms with Gasteiger partial charge in [-0.1, -0.05) is 18.2 Å². The lowest BCUT2D eigenvalue weighted by Crippen LogP contribution is -2.56. The lowest BCUT2D eigenvalue weighted by molar-refractivity contribution is -0.143. The number of benzene rings is 1. The highest BCUT2D eigenvalue weighted by atomic mass is 16.5. The van der Waals surface area contributed by atoms with Gasteiger partial charge >= 0.3 is 0 Å². The second-order valence-corrected chi connectivity index (χ2v) is 7.92. The first-order valence-electron chi connectivity index (χ1n) is 9.84. The number of piperidine rings is 2. The molecule has 1 atom stereocenters. The average molecular weight is 373 g/mol. The molecule has 0 N–H and O–H groups in total. The van der Waals surface area contributed by atoms with E-state index in [-0.39, 0.29) is 17.2 Å². The molecule has 0 radical (unpaired) electrons. The Morgan fingerprint density at radius 2 is 2.00 bits per heavy atom. The van der Waals surface area contributed by atoms with Gasteiger partial charge in [-0.3, -0.25) is 9.59 Å². The van der Waals surface area contributed by atoms with E-state index >= 15 is 0 Å². The Morgan fingerprint density at radius 1 is 1.22 bits per heavy atom. The van der Waals surface area contributed by atoms with Crippen LogP contribution in [0, 0.1) is 5.41 Å². The minimum atomic E-state index is 0.0425. The van der Waals surface area contributed by atoms with Crippen LogP contribution in [0.15, 0.2) is 30.3 Å². The van der Waals surface area contributed by atoms with E-state index in [9.17, 15) is 9.59 Å². The normalized spacial score (nSPS) is 23.0. The highest BCUT2D eigenvalue weighted by molar-refractivity contribution is 5.81. The van der Waals surface area contributed by atoms with Gasteiger partial charge in [0.1, 0.15) is 0 Å². The van der Waals surface area contributed by atoms with E-state index in [0.29, 0.717) is 26.1 Å². The van der Waals surface area contributed by atoms with Crippen LogP contribution >= 0.6 is 0 Å². The first kappa shape index (κ1) is 19.7. The maximum absolute atomic E-state index is 12.9. The van der Waals surface area contributed by atoms with E-state index in [1.54, 1.807) is 7.11 Å². The fraction of sp³-hybridized carbons (Fsp3) is 0.619. The summed E-state index contributed by atoms with van der Waals surface area (Å²) >= 11 is 0. The molecule has 0 bridgehead atoms. The van der Waals surface area contributed by atoms with Gasteiger partial charge in [0.2, 0.25) is 11.8 Å². The molecule has 1 aromatic carbocycles. The number of hydrogen-bond donors (Lipinski definition) is 0. The Bertz CT molecular complexity index is 651. The van der Waals surface area contributed by atoms with Gasteiger partial charge in [0.15, 0.2) is 0 Å². The highest BCUT2D eigenvalue weighted by Gasteiger charge is 2.42. The fourth-order valence-corrected chi connectivity index (χ4v) is 4.34. The van der Waals surface area contributed by atoms with Crippen molar-refractivity contribution >= 4 is 17.5 Å². The predicted octanol–water partition coefficient (Wildman–Crippen LogP) is 2.00. The SMILES string of the molecule is COCCN1CC2(CCCN(C(=O)CN(C)c3ccccc3)C2)CCC1=O. The molecule has 2 fully saturated rings. The Morgan fingerprint density at radius 3 is 2.74 bits per heavy atom. The van der Waals surface area contributed by atoms with E-state index in [1.807, 2.05) is 52.1 Å². The third-order valence-corrected chi connectivity index (χ3v) is 5.90. The molecule has 0 aromatic heterocycles. The van der Waals surface area contributed by atoms with Crippen LogP contribution in [0.3, 0.4) is 0 Å². The Balaban J connectivity index is 1.61. The first-order valence-corrected chi connectivity index (χ1v) is 9.84. The van der Waals surface area contributed by atoms with Gasteiger partial charge in [0.05, 0.1) is 13.2 Å². The summed E-state index contributed by atoms with van der Waals surface area (Å²) in [7, 11) is 3.62. The number of ether oxygens (including phenoxy) is 1. The first-order chi connectivity index (χ1) is 13.0. The predicted molar refractivity (Wildman–Crippen MR) is 106 cm³/mol. The fourth-order valence-electron chi connectivity index (χ4n) is 4.34. The molecule has 148 valence electrons. The molecule has 1 unspecified atom stereocenters. The number of nitrogens with zero attached hydrogens (tertiary/aromatic N) is 3. The summed E-state index contributed by atoms with van der Waals surface area (Å²) in [6.45, 7) is 3.90. The number of hydrogen-bond acceptors (Lipinski definition) is 4. The van der Waals surface area contributed by atoms with Gasteiger partial charge in [-0.05, 0) is 31.4 Å². The van der Waals surface area contributed by atoms with Crippen molar-refractivity contribution in [3.8, 4) is 0 Å². The van der Waals surface area contributed by atoms with Crippen molar-refractivity contribution in [2.45, 2.75) is 25.7 Å².